The number of rotatable bonds is 5. The van der Waals surface area contributed by atoms with Crippen LogP contribution >= 0.6 is 0 Å². The summed E-state index contributed by atoms with van der Waals surface area (Å²) in [5.74, 6) is -0.528. The number of aryl methyl sites for hydroxylation is 1. The summed E-state index contributed by atoms with van der Waals surface area (Å²) in [6.07, 6.45) is 0.913. The van der Waals surface area contributed by atoms with Gasteiger partial charge in [0.2, 0.25) is 11.8 Å². The number of benzene rings is 2. The van der Waals surface area contributed by atoms with Gasteiger partial charge < -0.3 is 10.2 Å². The number of amides is 2. The minimum atomic E-state index is -0.320. The van der Waals surface area contributed by atoms with Crippen LogP contribution in [0, 0.1) is 11.3 Å². The van der Waals surface area contributed by atoms with Crippen LogP contribution in [0.2, 0.25) is 0 Å². The lowest BCUT2D eigenvalue weighted by molar-refractivity contribution is -0.120. The summed E-state index contributed by atoms with van der Waals surface area (Å²) in [5.41, 5.74) is 2.84. The fourth-order valence-electron chi connectivity index (χ4n) is 2.31. The molecule has 0 aliphatic carbocycles. The van der Waals surface area contributed by atoms with Crippen molar-refractivity contribution in [2.24, 2.45) is 0 Å². The SMILES string of the molecule is CCc1ccc(N(CC(=O)Nc2cccc(C#N)c2)C(C)=O)cc1. The van der Waals surface area contributed by atoms with Crippen molar-refractivity contribution in [2.45, 2.75) is 20.3 Å². The molecule has 0 aliphatic rings. The van der Waals surface area contributed by atoms with Crippen molar-refractivity contribution in [3.63, 3.8) is 0 Å². The Kier molecular flexibility index (Phi) is 5.69. The molecule has 2 aromatic carbocycles. The standard InChI is InChI=1S/C19H19N3O2/c1-3-15-7-9-18(10-8-15)22(14(2)23)13-19(24)21-17-6-4-5-16(11-17)12-20/h4-11H,3,13H2,1-2H3,(H,21,24). The third kappa shape index (κ3) is 4.43. The van der Waals surface area contributed by atoms with Crippen LogP contribution in [0.5, 0.6) is 0 Å². The second-order valence-electron chi connectivity index (χ2n) is 5.37. The Morgan fingerprint density at radius 1 is 1.17 bits per heavy atom. The molecule has 0 aliphatic heterocycles. The molecule has 2 amide bonds. The molecule has 122 valence electrons. The summed E-state index contributed by atoms with van der Waals surface area (Å²) >= 11 is 0. The summed E-state index contributed by atoms with van der Waals surface area (Å²) < 4.78 is 0. The fraction of sp³-hybridized carbons (Fsp3) is 0.211. The lowest BCUT2D eigenvalue weighted by Crippen LogP contribution is -2.36. The summed E-state index contributed by atoms with van der Waals surface area (Å²) in [4.78, 5) is 25.5. The number of anilines is 2. The normalized spacial score (nSPS) is 9.88. The highest BCUT2D eigenvalue weighted by Gasteiger charge is 2.16. The molecular formula is C19H19N3O2. The molecule has 0 radical (unpaired) electrons. The number of nitriles is 1. The predicted octanol–water partition coefficient (Wildman–Crippen LogP) is 3.11. The van der Waals surface area contributed by atoms with Crippen LogP contribution in [0.1, 0.15) is 25.0 Å². The van der Waals surface area contributed by atoms with E-state index in [1.165, 1.54) is 17.4 Å². The molecule has 1 N–H and O–H groups in total. The fourth-order valence-corrected chi connectivity index (χ4v) is 2.31. The zero-order chi connectivity index (χ0) is 17.5. The van der Waals surface area contributed by atoms with Gasteiger partial charge in [-0.15, -0.1) is 0 Å². The molecule has 0 aromatic heterocycles. The van der Waals surface area contributed by atoms with Gasteiger partial charge >= 0.3 is 0 Å². The third-order valence-electron chi connectivity index (χ3n) is 3.61. The van der Waals surface area contributed by atoms with Crippen LogP contribution in [-0.4, -0.2) is 18.4 Å². The van der Waals surface area contributed by atoms with E-state index in [2.05, 4.69) is 12.2 Å². The molecule has 0 saturated heterocycles. The molecule has 2 rings (SSSR count). The molecule has 0 spiro atoms. The topological polar surface area (TPSA) is 73.2 Å². The van der Waals surface area contributed by atoms with Gasteiger partial charge in [-0.1, -0.05) is 25.1 Å². The highest BCUT2D eigenvalue weighted by molar-refractivity contribution is 6.01. The molecule has 0 fully saturated rings. The van der Waals surface area contributed by atoms with E-state index < -0.39 is 0 Å². The number of hydrogen-bond acceptors (Lipinski definition) is 3. The van der Waals surface area contributed by atoms with E-state index in [9.17, 15) is 9.59 Å². The van der Waals surface area contributed by atoms with Crippen molar-refractivity contribution in [1.82, 2.24) is 0 Å². The number of hydrogen-bond donors (Lipinski definition) is 1. The summed E-state index contributed by atoms with van der Waals surface area (Å²) in [6.45, 7) is 3.40. The van der Waals surface area contributed by atoms with Crippen LogP contribution < -0.4 is 10.2 Å². The Morgan fingerprint density at radius 2 is 1.88 bits per heavy atom. The number of nitrogens with zero attached hydrogens (tertiary/aromatic N) is 2. The average Bonchev–Trinajstić information content (AvgIpc) is 2.59. The van der Waals surface area contributed by atoms with E-state index in [-0.39, 0.29) is 18.4 Å². The van der Waals surface area contributed by atoms with Gasteiger partial charge in [-0.2, -0.15) is 5.26 Å². The smallest absolute Gasteiger partial charge is 0.244 e. The van der Waals surface area contributed by atoms with Crippen molar-refractivity contribution in [2.75, 3.05) is 16.8 Å². The molecule has 0 bridgehead atoms. The van der Waals surface area contributed by atoms with Crippen LogP contribution in [0.25, 0.3) is 0 Å². The van der Waals surface area contributed by atoms with Crippen LogP contribution in [0.3, 0.4) is 0 Å². The first-order valence-electron chi connectivity index (χ1n) is 7.70. The Hall–Kier alpha value is -3.13. The lowest BCUT2D eigenvalue weighted by Gasteiger charge is -2.21. The maximum Gasteiger partial charge on any atom is 0.244 e. The highest BCUT2D eigenvalue weighted by Crippen LogP contribution is 2.16. The van der Waals surface area contributed by atoms with Gasteiger partial charge in [0, 0.05) is 18.3 Å². The molecule has 2 aromatic rings. The minimum absolute atomic E-state index is 0.0857. The molecule has 0 saturated carbocycles. The van der Waals surface area contributed by atoms with Gasteiger partial charge in [0.05, 0.1) is 11.6 Å². The Balaban J connectivity index is 2.10. The summed E-state index contributed by atoms with van der Waals surface area (Å²) in [7, 11) is 0. The molecule has 24 heavy (non-hydrogen) atoms. The van der Waals surface area contributed by atoms with Crippen molar-refractivity contribution in [3.8, 4) is 6.07 Å². The second kappa shape index (κ2) is 7.93. The van der Waals surface area contributed by atoms with E-state index in [0.29, 0.717) is 16.9 Å². The van der Waals surface area contributed by atoms with E-state index in [0.717, 1.165) is 6.42 Å². The molecule has 0 unspecified atom stereocenters. The molecule has 0 atom stereocenters. The van der Waals surface area contributed by atoms with Crippen molar-refractivity contribution in [1.29, 1.82) is 5.26 Å². The van der Waals surface area contributed by atoms with E-state index in [4.69, 9.17) is 5.26 Å². The van der Waals surface area contributed by atoms with Crippen LogP contribution in [0.4, 0.5) is 11.4 Å². The Bertz CT molecular complexity index is 776. The van der Waals surface area contributed by atoms with Crippen LogP contribution in [-0.2, 0) is 16.0 Å². The summed E-state index contributed by atoms with van der Waals surface area (Å²) in [6, 6.07) is 16.2. The average molecular weight is 321 g/mol. The Morgan fingerprint density at radius 3 is 2.46 bits per heavy atom. The third-order valence-corrected chi connectivity index (χ3v) is 3.61. The van der Waals surface area contributed by atoms with E-state index in [1.807, 2.05) is 30.3 Å². The van der Waals surface area contributed by atoms with Crippen molar-refractivity contribution in [3.05, 3.63) is 59.7 Å². The monoisotopic (exact) mass is 321 g/mol. The minimum Gasteiger partial charge on any atom is -0.324 e. The highest BCUT2D eigenvalue weighted by atomic mass is 16.2. The number of carbonyl (C=O) groups excluding carboxylic acids is 2. The maximum absolute atomic E-state index is 12.2. The van der Waals surface area contributed by atoms with Gasteiger partial charge in [0.15, 0.2) is 0 Å². The molecule has 5 heteroatoms. The lowest BCUT2D eigenvalue weighted by atomic mass is 10.1. The van der Waals surface area contributed by atoms with Gasteiger partial charge in [0.1, 0.15) is 6.54 Å². The van der Waals surface area contributed by atoms with Gasteiger partial charge in [-0.25, -0.2) is 0 Å². The Labute approximate surface area is 141 Å². The van der Waals surface area contributed by atoms with E-state index in [1.54, 1.807) is 24.3 Å². The van der Waals surface area contributed by atoms with Gasteiger partial charge in [0.25, 0.3) is 0 Å². The molecule has 0 heterocycles. The van der Waals surface area contributed by atoms with Crippen molar-refractivity contribution >= 4 is 23.2 Å². The first kappa shape index (κ1) is 17.2. The quantitative estimate of drug-likeness (QED) is 0.919. The molecule has 5 nitrogen and oxygen atoms in total. The maximum atomic E-state index is 12.2. The zero-order valence-corrected chi connectivity index (χ0v) is 13.7. The predicted molar refractivity (Wildman–Crippen MR) is 93.6 cm³/mol. The second-order valence-corrected chi connectivity index (χ2v) is 5.37. The zero-order valence-electron chi connectivity index (χ0n) is 13.7. The first-order valence-corrected chi connectivity index (χ1v) is 7.70. The van der Waals surface area contributed by atoms with Gasteiger partial charge in [-0.05, 0) is 42.3 Å². The first-order chi connectivity index (χ1) is 11.5. The van der Waals surface area contributed by atoms with Crippen molar-refractivity contribution < 1.29 is 9.59 Å². The number of carbonyl (C=O) groups is 2. The summed E-state index contributed by atoms with van der Waals surface area (Å²) in [5, 5.41) is 11.6. The largest absolute Gasteiger partial charge is 0.324 e. The van der Waals surface area contributed by atoms with Crippen LogP contribution in [0.15, 0.2) is 48.5 Å². The van der Waals surface area contributed by atoms with Gasteiger partial charge in [-0.3, -0.25) is 9.59 Å². The molecular weight excluding hydrogens is 302 g/mol. The number of nitrogens with one attached hydrogen (secondary N) is 1. The van der Waals surface area contributed by atoms with E-state index >= 15 is 0 Å².